The molecular formula is C5H7N3O2. The van der Waals surface area contributed by atoms with Crippen LogP contribution in [-0.4, -0.2) is 32.6 Å². The predicted octanol–water partition coefficient (Wildman–Crippen LogP) is -0.969. The maximum Gasteiger partial charge on any atom is 0.314 e. The molecule has 2 heterocycles. The Morgan fingerprint density at radius 3 is 3.60 bits per heavy atom. The van der Waals surface area contributed by atoms with E-state index in [-0.39, 0.29) is 0 Å². The minimum Gasteiger partial charge on any atom is -0.461 e. The first-order valence-corrected chi connectivity index (χ1v) is 3.05. The van der Waals surface area contributed by atoms with Gasteiger partial charge < -0.3 is 9.84 Å². The Morgan fingerprint density at radius 2 is 2.70 bits per heavy atom. The number of nitrogens with zero attached hydrogens (tertiary/aromatic N) is 3. The van der Waals surface area contributed by atoms with Crippen LogP contribution in [0.5, 0.6) is 6.01 Å². The molecule has 2 rings (SSSR count). The molecule has 0 saturated heterocycles. The monoisotopic (exact) mass is 141 g/mol. The van der Waals surface area contributed by atoms with E-state index in [2.05, 4.69) is 10.1 Å². The van der Waals surface area contributed by atoms with Crippen molar-refractivity contribution in [3.63, 3.8) is 0 Å². The van der Waals surface area contributed by atoms with E-state index in [9.17, 15) is 0 Å². The van der Waals surface area contributed by atoms with E-state index in [4.69, 9.17) is 9.84 Å². The molecular weight excluding hydrogens is 134 g/mol. The number of aliphatic hydroxyl groups is 1. The number of fused-ring (bicyclic) bond motifs is 1. The van der Waals surface area contributed by atoms with Gasteiger partial charge in [-0.2, -0.15) is 10.1 Å². The lowest BCUT2D eigenvalue weighted by Gasteiger charge is -2.17. The first kappa shape index (κ1) is 5.67. The lowest BCUT2D eigenvalue weighted by molar-refractivity contribution is 0.0526. The van der Waals surface area contributed by atoms with Gasteiger partial charge in [0.2, 0.25) is 0 Å². The molecule has 54 valence electrons. The summed E-state index contributed by atoms with van der Waals surface area (Å²) < 4.78 is 6.55. The summed E-state index contributed by atoms with van der Waals surface area (Å²) in [5.41, 5.74) is 0. The van der Waals surface area contributed by atoms with Crippen molar-refractivity contribution in [2.75, 3.05) is 6.61 Å². The maximum atomic E-state index is 9.06. The minimum absolute atomic E-state index is 0.318. The lowest BCUT2D eigenvalue weighted by Crippen LogP contribution is -2.30. The second-order valence-electron chi connectivity index (χ2n) is 2.19. The Hall–Kier alpha value is -1.10. The van der Waals surface area contributed by atoms with E-state index in [1.54, 1.807) is 0 Å². The van der Waals surface area contributed by atoms with Crippen LogP contribution in [0, 0.1) is 0 Å². The zero-order valence-electron chi connectivity index (χ0n) is 5.27. The van der Waals surface area contributed by atoms with E-state index in [1.165, 1.54) is 11.0 Å². The molecule has 0 aliphatic carbocycles. The molecule has 1 aromatic rings. The standard InChI is InChI=1S/C5H7N3O2/c9-4-1-8-5(10-2-4)6-3-7-8/h3-4,9H,1-2H2. The molecule has 1 aliphatic heterocycles. The molecule has 1 aromatic heterocycles. The molecule has 0 spiro atoms. The first-order valence-electron chi connectivity index (χ1n) is 3.05. The Labute approximate surface area is 57.3 Å². The number of rotatable bonds is 0. The van der Waals surface area contributed by atoms with Gasteiger partial charge in [-0.25, -0.2) is 4.68 Å². The highest BCUT2D eigenvalue weighted by Crippen LogP contribution is 2.10. The Morgan fingerprint density at radius 1 is 1.80 bits per heavy atom. The van der Waals surface area contributed by atoms with E-state index in [0.717, 1.165) is 0 Å². The molecule has 0 fully saturated rings. The predicted molar refractivity (Wildman–Crippen MR) is 31.5 cm³/mol. The number of hydrogen-bond acceptors (Lipinski definition) is 4. The molecule has 10 heavy (non-hydrogen) atoms. The van der Waals surface area contributed by atoms with Gasteiger partial charge in [0.1, 0.15) is 19.0 Å². The van der Waals surface area contributed by atoms with E-state index < -0.39 is 6.10 Å². The summed E-state index contributed by atoms with van der Waals surface area (Å²) in [4.78, 5) is 3.81. The van der Waals surface area contributed by atoms with Crippen molar-refractivity contribution in [1.82, 2.24) is 14.8 Å². The van der Waals surface area contributed by atoms with Gasteiger partial charge in [0, 0.05) is 0 Å². The summed E-state index contributed by atoms with van der Waals surface area (Å²) in [6.45, 7) is 0.800. The molecule has 0 amide bonds. The molecule has 1 N–H and O–H groups in total. The second kappa shape index (κ2) is 1.95. The van der Waals surface area contributed by atoms with Gasteiger partial charge >= 0.3 is 6.01 Å². The van der Waals surface area contributed by atoms with Crippen LogP contribution in [-0.2, 0) is 6.54 Å². The number of aromatic nitrogens is 3. The van der Waals surface area contributed by atoms with Gasteiger partial charge in [-0.05, 0) is 0 Å². The van der Waals surface area contributed by atoms with Crippen LogP contribution in [0.4, 0.5) is 0 Å². The number of hydrogen-bond donors (Lipinski definition) is 1. The van der Waals surface area contributed by atoms with Crippen LogP contribution in [0.1, 0.15) is 0 Å². The number of ether oxygens (including phenoxy) is 1. The van der Waals surface area contributed by atoms with E-state index >= 15 is 0 Å². The third-order valence-electron chi connectivity index (χ3n) is 1.37. The highest BCUT2D eigenvalue weighted by atomic mass is 16.5. The van der Waals surface area contributed by atoms with Gasteiger partial charge in [-0.1, -0.05) is 0 Å². The Kier molecular flexibility index (Phi) is 1.10. The van der Waals surface area contributed by atoms with Gasteiger partial charge in [0.05, 0.1) is 6.54 Å². The van der Waals surface area contributed by atoms with Crippen LogP contribution < -0.4 is 4.74 Å². The van der Waals surface area contributed by atoms with Crippen molar-refractivity contribution >= 4 is 0 Å². The van der Waals surface area contributed by atoms with Crippen molar-refractivity contribution in [1.29, 1.82) is 0 Å². The SMILES string of the molecule is OC1COc2ncnn2C1. The minimum atomic E-state index is -0.450. The van der Waals surface area contributed by atoms with Gasteiger partial charge in [0.15, 0.2) is 0 Å². The summed E-state index contributed by atoms with van der Waals surface area (Å²) in [5, 5.41) is 12.9. The van der Waals surface area contributed by atoms with Gasteiger partial charge in [0.25, 0.3) is 0 Å². The van der Waals surface area contributed by atoms with Crippen LogP contribution in [0.2, 0.25) is 0 Å². The quantitative estimate of drug-likeness (QED) is 0.505. The van der Waals surface area contributed by atoms with Crippen molar-refractivity contribution in [2.24, 2.45) is 0 Å². The van der Waals surface area contributed by atoms with Crippen molar-refractivity contribution in [3.05, 3.63) is 6.33 Å². The molecule has 5 nitrogen and oxygen atoms in total. The molecule has 1 unspecified atom stereocenters. The number of aliphatic hydroxyl groups excluding tert-OH is 1. The summed E-state index contributed by atoms with van der Waals surface area (Å²) in [7, 11) is 0. The maximum absolute atomic E-state index is 9.06. The Balaban J connectivity index is 2.30. The molecule has 5 heteroatoms. The smallest absolute Gasteiger partial charge is 0.314 e. The van der Waals surface area contributed by atoms with Crippen molar-refractivity contribution in [2.45, 2.75) is 12.6 Å². The lowest BCUT2D eigenvalue weighted by atomic mass is 10.4. The van der Waals surface area contributed by atoms with Crippen LogP contribution in [0.3, 0.4) is 0 Å². The average molecular weight is 141 g/mol. The third-order valence-corrected chi connectivity index (χ3v) is 1.37. The zero-order chi connectivity index (χ0) is 6.97. The topological polar surface area (TPSA) is 60.2 Å². The molecule has 1 atom stereocenters. The first-order chi connectivity index (χ1) is 4.86. The highest BCUT2D eigenvalue weighted by molar-refractivity contribution is 4.94. The van der Waals surface area contributed by atoms with Crippen LogP contribution in [0.15, 0.2) is 6.33 Å². The normalized spacial score (nSPS) is 23.5. The zero-order valence-corrected chi connectivity index (χ0v) is 5.27. The van der Waals surface area contributed by atoms with Gasteiger partial charge in [-0.15, -0.1) is 0 Å². The molecule has 0 aromatic carbocycles. The van der Waals surface area contributed by atoms with E-state index in [0.29, 0.717) is 19.2 Å². The fourth-order valence-electron chi connectivity index (χ4n) is 0.914. The van der Waals surface area contributed by atoms with Crippen molar-refractivity contribution in [3.8, 4) is 6.01 Å². The highest BCUT2D eigenvalue weighted by Gasteiger charge is 2.17. The van der Waals surface area contributed by atoms with Crippen molar-refractivity contribution < 1.29 is 9.84 Å². The van der Waals surface area contributed by atoms with Crippen LogP contribution >= 0.6 is 0 Å². The molecule has 0 saturated carbocycles. The van der Waals surface area contributed by atoms with E-state index in [1.807, 2.05) is 0 Å². The largest absolute Gasteiger partial charge is 0.461 e. The van der Waals surface area contributed by atoms with Gasteiger partial charge in [-0.3, -0.25) is 0 Å². The molecule has 1 aliphatic rings. The van der Waals surface area contributed by atoms with Crippen LogP contribution in [0.25, 0.3) is 0 Å². The fourth-order valence-corrected chi connectivity index (χ4v) is 0.914. The molecule has 0 bridgehead atoms. The summed E-state index contributed by atoms with van der Waals surface area (Å²) in [6, 6.07) is 0.491. The third kappa shape index (κ3) is 0.750. The summed E-state index contributed by atoms with van der Waals surface area (Å²) in [5.74, 6) is 0. The average Bonchev–Trinajstić information content (AvgIpc) is 2.33. The summed E-state index contributed by atoms with van der Waals surface area (Å²) >= 11 is 0. The molecule has 0 radical (unpaired) electrons. The summed E-state index contributed by atoms with van der Waals surface area (Å²) in [6.07, 6.45) is 0.960. The Bertz CT molecular complexity index is 235. The second-order valence-corrected chi connectivity index (χ2v) is 2.19. The fraction of sp³-hybridized carbons (Fsp3) is 0.600.